The van der Waals surface area contributed by atoms with Crippen molar-refractivity contribution in [1.29, 1.82) is 0 Å². The molecule has 1 unspecified atom stereocenters. The number of carbonyl (C=O) groups excluding carboxylic acids is 1. The molecule has 27 heavy (non-hydrogen) atoms. The lowest BCUT2D eigenvalue weighted by Gasteiger charge is -2.26. The van der Waals surface area contributed by atoms with Crippen molar-refractivity contribution in [2.75, 3.05) is 6.54 Å². The largest absolute Gasteiger partial charge is 0.480 e. The van der Waals surface area contributed by atoms with Crippen LogP contribution in [0.15, 0.2) is 36.5 Å². The number of carboxylic acid groups (broad SMARTS) is 1. The summed E-state index contributed by atoms with van der Waals surface area (Å²) < 4.78 is 1.59. The Labute approximate surface area is 156 Å². The zero-order valence-electron chi connectivity index (χ0n) is 15.5. The van der Waals surface area contributed by atoms with E-state index in [1.165, 1.54) is 4.90 Å². The Morgan fingerprint density at radius 1 is 1.26 bits per heavy atom. The topological polar surface area (TPSA) is 101 Å². The Bertz CT molecular complexity index is 993. The minimum absolute atomic E-state index is 0.150. The zero-order valence-corrected chi connectivity index (χ0v) is 15.5. The van der Waals surface area contributed by atoms with E-state index in [9.17, 15) is 9.59 Å². The maximum Gasteiger partial charge on any atom is 0.323 e. The lowest BCUT2D eigenvalue weighted by atomic mass is 10.1. The highest BCUT2D eigenvalue weighted by atomic mass is 16.4. The average Bonchev–Trinajstić information content (AvgIpc) is 3.05. The number of fused-ring (bicyclic) bond motifs is 1. The van der Waals surface area contributed by atoms with Crippen LogP contribution in [-0.4, -0.2) is 54.4 Å². The third-order valence-corrected chi connectivity index (χ3v) is 4.64. The molecule has 1 N–H and O–H groups in total. The maximum absolute atomic E-state index is 12.9. The first-order valence-electron chi connectivity index (χ1n) is 8.73. The number of hydrogen-bond acceptors (Lipinski definition) is 5. The van der Waals surface area contributed by atoms with Crippen molar-refractivity contribution in [3.63, 3.8) is 0 Å². The van der Waals surface area contributed by atoms with E-state index in [0.29, 0.717) is 12.1 Å². The van der Waals surface area contributed by atoms with Crippen molar-refractivity contribution in [1.82, 2.24) is 24.9 Å². The Balaban J connectivity index is 2.04. The van der Waals surface area contributed by atoms with Gasteiger partial charge in [-0.2, -0.15) is 0 Å². The van der Waals surface area contributed by atoms with E-state index in [2.05, 4.69) is 15.3 Å². The number of amides is 1. The minimum Gasteiger partial charge on any atom is -0.480 e. The van der Waals surface area contributed by atoms with Gasteiger partial charge in [0, 0.05) is 17.6 Å². The molecular formula is C19H21N5O3. The van der Waals surface area contributed by atoms with Crippen molar-refractivity contribution in [2.45, 2.75) is 33.2 Å². The van der Waals surface area contributed by atoms with Crippen molar-refractivity contribution >= 4 is 22.8 Å². The fourth-order valence-electron chi connectivity index (χ4n) is 2.96. The fraction of sp³-hybridized carbons (Fsp3) is 0.316. The molecule has 8 heteroatoms. The molecule has 1 atom stereocenters. The fourth-order valence-corrected chi connectivity index (χ4v) is 2.96. The van der Waals surface area contributed by atoms with E-state index in [1.54, 1.807) is 17.8 Å². The number of carboxylic acids is 1. The smallest absolute Gasteiger partial charge is 0.323 e. The van der Waals surface area contributed by atoms with Gasteiger partial charge in [0.1, 0.15) is 6.54 Å². The van der Waals surface area contributed by atoms with Gasteiger partial charge in [-0.25, -0.2) is 4.68 Å². The first-order chi connectivity index (χ1) is 12.9. The highest BCUT2D eigenvalue weighted by molar-refractivity contribution is 5.95. The molecule has 3 rings (SSSR count). The van der Waals surface area contributed by atoms with Crippen molar-refractivity contribution in [3.05, 3.63) is 47.9 Å². The minimum atomic E-state index is -1.06. The lowest BCUT2D eigenvalue weighted by molar-refractivity contribution is -0.138. The van der Waals surface area contributed by atoms with Crippen LogP contribution in [0.3, 0.4) is 0 Å². The van der Waals surface area contributed by atoms with Crippen LogP contribution >= 0.6 is 0 Å². The molecule has 1 aromatic carbocycles. The van der Waals surface area contributed by atoms with Crippen LogP contribution in [0.2, 0.25) is 0 Å². The SMILES string of the molecule is CCC(C)N(CC(=O)O)C(=O)c1nnn(-c2cccc3ncccc23)c1C. The highest BCUT2D eigenvalue weighted by Crippen LogP contribution is 2.22. The third-order valence-electron chi connectivity index (χ3n) is 4.64. The van der Waals surface area contributed by atoms with Gasteiger partial charge in [-0.05, 0) is 44.5 Å². The van der Waals surface area contributed by atoms with Crippen molar-refractivity contribution < 1.29 is 14.7 Å². The molecule has 0 saturated carbocycles. The van der Waals surface area contributed by atoms with E-state index >= 15 is 0 Å². The molecule has 0 aliphatic rings. The first-order valence-corrected chi connectivity index (χ1v) is 8.73. The van der Waals surface area contributed by atoms with E-state index in [1.807, 2.05) is 44.2 Å². The van der Waals surface area contributed by atoms with Gasteiger partial charge in [-0.3, -0.25) is 14.6 Å². The highest BCUT2D eigenvalue weighted by Gasteiger charge is 2.27. The summed E-state index contributed by atoms with van der Waals surface area (Å²) in [5.41, 5.74) is 2.27. The van der Waals surface area contributed by atoms with Gasteiger partial charge < -0.3 is 10.0 Å². The molecule has 0 fully saturated rings. The Kier molecular flexibility index (Phi) is 5.16. The summed E-state index contributed by atoms with van der Waals surface area (Å²) in [5.74, 6) is -1.50. The monoisotopic (exact) mass is 367 g/mol. The summed E-state index contributed by atoms with van der Waals surface area (Å²) in [4.78, 5) is 29.8. The van der Waals surface area contributed by atoms with Crippen LogP contribution in [0.5, 0.6) is 0 Å². The average molecular weight is 367 g/mol. The van der Waals surface area contributed by atoms with Crippen LogP contribution in [0.4, 0.5) is 0 Å². The molecule has 1 amide bonds. The molecule has 0 spiro atoms. The molecule has 2 aromatic heterocycles. The molecule has 0 bridgehead atoms. The molecular weight excluding hydrogens is 346 g/mol. The van der Waals surface area contributed by atoms with Crippen LogP contribution < -0.4 is 0 Å². The molecule has 0 aliphatic heterocycles. The van der Waals surface area contributed by atoms with Crippen molar-refractivity contribution in [3.8, 4) is 5.69 Å². The van der Waals surface area contributed by atoms with Crippen molar-refractivity contribution in [2.24, 2.45) is 0 Å². The van der Waals surface area contributed by atoms with E-state index in [0.717, 1.165) is 16.6 Å². The number of aliphatic carboxylic acids is 1. The number of pyridine rings is 1. The standard InChI is InChI=1S/C19H21N5O3/c1-4-12(2)23(11-17(25)26)19(27)18-13(3)24(22-21-18)16-9-5-8-15-14(16)7-6-10-20-15/h5-10,12H,4,11H2,1-3H3,(H,25,26). The molecule has 8 nitrogen and oxygen atoms in total. The van der Waals surface area contributed by atoms with Gasteiger partial charge in [0.2, 0.25) is 0 Å². The van der Waals surface area contributed by atoms with Gasteiger partial charge in [0.05, 0.1) is 16.9 Å². The summed E-state index contributed by atoms with van der Waals surface area (Å²) >= 11 is 0. The van der Waals surface area contributed by atoms with Gasteiger partial charge in [0.15, 0.2) is 5.69 Å². The summed E-state index contributed by atoms with van der Waals surface area (Å²) in [5, 5.41) is 18.2. The van der Waals surface area contributed by atoms with E-state index in [4.69, 9.17) is 5.11 Å². The lowest BCUT2D eigenvalue weighted by Crippen LogP contribution is -2.42. The third kappa shape index (κ3) is 3.51. The van der Waals surface area contributed by atoms with Crippen LogP contribution in [-0.2, 0) is 4.79 Å². The Hall–Kier alpha value is -3.29. The number of hydrogen-bond donors (Lipinski definition) is 1. The second kappa shape index (κ2) is 7.53. The molecule has 0 radical (unpaired) electrons. The number of carbonyl (C=O) groups is 2. The van der Waals surface area contributed by atoms with Gasteiger partial charge in [-0.15, -0.1) is 5.10 Å². The van der Waals surface area contributed by atoms with Crippen LogP contribution in [0.25, 0.3) is 16.6 Å². The second-order valence-corrected chi connectivity index (χ2v) is 6.37. The van der Waals surface area contributed by atoms with Crippen LogP contribution in [0, 0.1) is 6.92 Å². The molecule has 3 aromatic rings. The zero-order chi connectivity index (χ0) is 19.6. The summed E-state index contributed by atoms with van der Waals surface area (Å²) in [6.07, 6.45) is 2.35. The predicted molar refractivity (Wildman–Crippen MR) is 99.8 cm³/mol. The number of aromatic nitrogens is 4. The van der Waals surface area contributed by atoms with Gasteiger partial charge >= 0.3 is 5.97 Å². The molecule has 0 aliphatic carbocycles. The number of rotatable bonds is 6. The molecule has 0 saturated heterocycles. The summed E-state index contributed by atoms with van der Waals surface area (Å²) in [6, 6.07) is 9.18. The van der Waals surface area contributed by atoms with Gasteiger partial charge in [0.25, 0.3) is 5.91 Å². The normalized spacial score (nSPS) is 12.1. The Morgan fingerprint density at radius 2 is 2.04 bits per heavy atom. The summed E-state index contributed by atoms with van der Waals surface area (Å²) in [6.45, 7) is 5.09. The number of nitrogens with zero attached hydrogens (tertiary/aromatic N) is 5. The molecule has 2 heterocycles. The van der Waals surface area contributed by atoms with Crippen LogP contribution in [0.1, 0.15) is 36.5 Å². The second-order valence-electron chi connectivity index (χ2n) is 6.37. The number of benzene rings is 1. The molecule has 140 valence electrons. The Morgan fingerprint density at radius 3 is 2.74 bits per heavy atom. The quantitative estimate of drug-likeness (QED) is 0.718. The van der Waals surface area contributed by atoms with Gasteiger partial charge in [-0.1, -0.05) is 18.2 Å². The predicted octanol–water partition coefficient (Wildman–Crippen LogP) is 2.45. The maximum atomic E-state index is 12.9. The van der Waals surface area contributed by atoms with E-state index in [-0.39, 0.29) is 18.3 Å². The summed E-state index contributed by atoms with van der Waals surface area (Å²) in [7, 11) is 0. The first kappa shape index (κ1) is 18.5. The van der Waals surface area contributed by atoms with E-state index < -0.39 is 11.9 Å².